The van der Waals surface area contributed by atoms with Crippen LogP contribution in [-0.4, -0.2) is 11.8 Å². The smallest absolute Gasteiger partial charge is 0.221 e. The van der Waals surface area contributed by atoms with E-state index in [0.29, 0.717) is 19.4 Å². The van der Waals surface area contributed by atoms with Gasteiger partial charge in [-0.1, -0.05) is 30.0 Å². The molecular formula is C18H15ClO2. The second-order valence-electron chi connectivity index (χ2n) is 4.45. The molecule has 0 spiro atoms. The number of rotatable bonds is 5. The van der Waals surface area contributed by atoms with Crippen LogP contribution in [0.4, 0.5) is 0 Å². The summed E-state index contributed by atoms with van der Waals surface area (Å²) in [4.78, 5) is 10.6. The maximum atomic E-state index is 10.6. The van der Waals surface area contributed by atoms with Crippen LogP contribution in [0.3, 0.4) is 0 Å². The summed E-state index contributed by atoms with van der Waals surface area (Å²) >= 11 is 5.26. The van der Waals surface area contributed by atoms with Gasteiger partial charge in [0.1, 0.15) is 5.75 Å². The normalized spacial score (nSPS) is 9.57. The number of halogens is 1. The minimum atomic E-state index is -0.329. The second kappa shape index (κ2) is 8.14. The van der Waals surface area contributed by atoms with Gasteiger partial charge < -0.3 is 4.74 Å². The number of hydrogen-bond donors (Lipinski definition) is 0. The molecule has 0 aromatic heterocycles. The molecular weight excluding hydrogens is 284 g/mol. The van der Waals surface area contributed by atoms with Gasteiger partial charge >= 0.3 is 0 Å². The van der Waals surface area contributed by atoms with E-state index in [0.717, 1.165) is 16.9 Å². The third-order valence-electron chi connectivity index (χ3n) is 2.77. The van der Waals surface area contributed by atoms with E-state index in [2.05, 4.69) is 11.8 Å². The highest BCUT2D eigenvalue weighted by atomic mass is 35.5. The summed E-state index contributed by atoms with van der Waals surface area (Å²) in [6.07, 6.45) is 0.958. The van der Waals surface area contributed by atoms with Crippen molar-refractivity contribution in [3.63, 3.8) is 0 Å². The number of carbonyl (C=O) groups excluding carboxylic acids is 1. The van der Waals surface area contributed by atoms with Gasteiger partial charge in [0, 0.05) is 17.5 Å². The van der Waals surface area contributed by atoms with Gasteiger partial charge in [-0.15, -0.1) is 0 Å². The fraction of sp³-hybridized carbons (Fsp3) is 0.167. The van der Waals surface area contributed by atoms with Crippen LogP contribution >= 0.6 is 11.6 Å². The lowest BCUT2D eigenvalue weighted by Gasteiger charge is -2.04. The molecule has 0 amide bonds. The first-order chi connectivity index (χ1) is 10.2. The molecule has 0 atom stereocenters. The minimum Gasteiger partial charge on any atom is -0.494 e. The molecule has 0 aliphatic carbocycles. The van der Waals surface area contributed by atoms with Gasteiger partial charge in [-0.05, 0) is 54.4 Å². The van der Waals surface area contributed by atoms with E-state index in [4.69, 9.17) is 16.3 Å². The van der Waals surface area contributed by atoms with Crippen molar-refractivity contribution in [1.82, 2.24) is 0 Å². The molecule has 3 heteroatoms. The summed E-state index contributed by atoms with van der Waals surface area (Å²) in [5, 5.41) is -0.329. The lowest BCUT2D eigenvalue weighted by molar-refractivity contribution is -0.111. The van der Waals surface area contributed by atoms with Crippen molar-refractivity contribution in [1.29, 1.82) is 0 Å². The van der Waals surface area contributed by atoms with Crippen molar-refractivity contribution in [2.75, 3.05) is 6.61 Å². The Morgan fingerprint density at radius 3 is 2.19 bits per heavy atom. The van der Waals surface area contributed by atoms with Crippen molar-refractivity contribution < 1.29 is 9.53 Å². The molecule has 0 aliphatic heterocycles. The summed E-state index contributed by atoms with van der Waals surface area (Å²) in [5.74, 6) is 6.97. The van der Waals surface area contributed by atoms with Crippen LogP contribution in [0.2, 0.25) is 0 Å². The molecule has 0 unspecified atom stereocenters. The van der Waals surface area contributed by atoms with E-state index in [-0.39, 0.29) is 5.24 Å². The van der Waals surface area contributed by atoms with Crippen LogP contribution < -0.4 is 4.74 Å². The number of hydrogen-bond acceptors (Lipinski definition) is 2. The minimum absolute atomic E-state index is 0.329. The standard InChI is InChI=1S/C18H15ClO2/c19-18(20)7-4-14-21-17-12-10-16(11-13-17)9-8-15-5-2-1-3-6-15/h1-3,5-6,10-13H,4,7,14H2. The van der Waals surface area contributed by atoms with Crippen molar-refractivity contribution in [3.8, 4) is 17.6 Å². The van der Waals surface area contributed by atoms with Crippen molar-refractivity contribution >= 4 is 16.8 Å². The number of ether oxygens (including phenoxy) is 1. The molecule has 0 fully saturated rings. The van der Waals surface area contributed by atoms with Crippen molar-refractivity contribution in [2.45, 2.75) is 12.8 Å². The highest BCUT2D eigenvalue weighted by molar-refractivity contribution is 6.63. The molecule has 106 valence electrons. The zero-order chi connectivity index (χ0) is 14.9. The summed E-state index contributed by atoms with van der Waals surface area (Å²) in [6, 6.07) is 17.4. The van der Waals surface area contributed by atoms with Crippen LogP contribution in [0.15, 0.2) is 54.6 Å². The molecule has 2 nitrogen and oxygen atoms in total. The zero-order valence-corrected chi connectivity index (χ0v) is 12.3. The van der Waals surface area contributed by atoms with Gasteiger partial charge in [0.05, 0.1) is 6.61 Å². The summed E-state index contributed by atoms with van der Waals surface area (Å²) in [5.41, 5.74) is 1.92. The topological polar surface area (TPSA) is 26.3 Å². The average Bonchev–Trinajstić information content (AvgIpc) is 2.51. The van der Waals surface area contributed by atoms with Crippen molar-refractivity contribution in [2.24, 2.45) is 0 Å². The van der Waals surface area contributed by atoms with E-state index < -0.39 is 0 Å². The molecule has 0 saturated carbocycles. The lowest BCUT2D eigenvalue weighted by Crippen LogP contribution is -1.99. The van der Waals surface area contributed by atoms with Crippen LogP contribution in [0.5, 0.6) is 5.75 Å². The van der Waals surface area contributed by atoms with Crippen LogP contribution in [0.25, 0.3) is 0 Å². The van der Waals surface area contributed by atoms with E-state index in [1.54, 1.807) is 0 Å². The van der Waals surface area contributed by atoms with Crippen LogP contribution in [-0.2, 0) is 4.79 Å². The molecule has 0 bridgehead atoms. The second-order valence-corrected chi connectivity index (χ2v) is 4.87. The quantitative estimate of drug-likeness (QED) is 0.473. The fourth-order valence-corrected chi connectivity index (χ4v) is 1.84. The maximum Gasteiger partial charge on any atom is 0.221 e. The Bertz CT molecular complexity index is 636. The Morgan fingerprint density at radius 1 is 0.952 bits per heavy atom. The molecule has 0 saturated heterocycles. The Labute approximate surface area is 129 Å². The fourth-order valence-electron chi connectivity index (χ4n) is 1.70. The number of carbonyl (C=O) groups is 1. The lowest BCUT2D eigenvalue weighted by atomic mass is 10.2. The largest absolute Gasteiger partial charge is 0.494 e. The van der Waals surface area contributed by atoms with E-state index in [9.17, 15) is 4.79 Å². The molecule has 0 heterocycles. The summed E-state index contributed by atoms with van der Waals surface area (Å²) < 4.78 is 5.52. The molecule has 2 aromatic carbocycles. The zero-order valence-electron chi connectivity index (χ0n) is 11.5. The van der Waals surface area contributed by atoms with Gasteiger partial charge in [-0.3, -0.25) is 4.79 Å². The van der Waals surface area contributed by atoms with E-state index in [1.807, 2.05) is 54.6 Å². The molecule has 0 N–H and O–H groups in total. The van der Waals surface area contributed by atoms with E-state index in [1.165, 1.54) is 0 Å². The molecule has 0 aliphatic rings. The SMILES string of the molecule is O=C(Cl)CCCOc1ccc(C#Cc2ccccc2)cc1. The summed E-state index contributed by atoms with van der Waals surface area (Å²) in [6.45, 7) is 0.480. The van der Waals surface area contributed by atoms with Gasteiger partial charge in [0.15, 0.2) is 0 Å². The third-order valence-corrected chi connectivity index (χ3v) is 2.95. The molecule has 2 rings (SSSR count). The van der Waals surface area contributed by atoms with Crippen LogP contribution in [0.1, 0.15) is 24.0 Å². The van der Waals surface area contributed by atoms with Gasteiger partial charge in [-0.25, -0.2) is 0 Å². The summed E-state index contributed by atoms with van der Waals surface area (Å²) in [7, 11) is 0. The Hall–Kier alpha value is -2.24. The average molecular weight is 299 g/mol. The van der Waals surface area contributed by atoms with E-state index >= 15 is 0 Å². The highest BCUT2D eigenvalue weighted by Gasteiger charge is 1.97. The van der Waals surface area contributed by atoms with Crippen molar-refractivity contribution in [3.05, 3.63) is 65.7 Å². The molecule has 2 aromatic rings. The molecule has 0 radical (unpaired) electrons. The van der Waals surface area contributed by atoms with Gasteiger partial charge in [-0.2, -0.15) is 0 Å². The monoisotopic (exact) mass is 298 g/mol. The predicted octanol–water partition coefficient (Wildman–Crippen LogP) is 4.01. The first-order valence-corrected chi connectivity index (χ1v) is 7.10. The highest BCUT2D eigenvalue weighted by Crippen LogP contribution is 2.12. The van der Waals surface area contributed by atoms with Crippen LogP contribution in [0, 0.1) is 11.8 Å². The Morgan fingerprint density at radius 2 is 1.57 bits per heavy atom. The molecule has 21 heavy (non-hydrogen) atoms. The predicted molar refractivity (Wildman–Crippen MR) is 84.5 cm³/mol. The Kier molecular flexibility index (Phi) is 5.87. The first-order valence-electron chi connectivity index (χ1n) is 6.72. The third kappa shape index (κ3) is 5.72. The first kappa shape index (κ1) is 15.2. The maximum absolute atomic E-state index is 10.6. The number of benzene rings is 2. The Balaban J connectivity index is 1.88. The van der Waals surface area contributed by atoms with Gasteiger partial charge in [0.2, 0.25) is 5.24 Å². The van der Waals surface area contributed by atoms with Gasteiger partial charge in [0.25, 0.3) is 0 Å².